The standard InChI is InChI=1S/C13H18N2O2S2/c1-2-3-11-6-8-15(9-7-11)19(16,17)13-5-4-12(10-14)18-13/h4-5,11H,2-3,6-9H2,1H3. The topological polar surface area (TPSA) is 61.2 Å². The normalized spacial score (nSPS) is 18.3. The first-order valence-electron chi connectivity index (χ1n) is 6.58. The van der Waals surface area contributed by atoms with E-state index in [2.05, 4.69) is 6.92 Å². The largest absolute Gasteiger partial charge is 0.252 e. The number of nitrogens with zero attached hydrogens (tertiary/aromatic N) is 2. The van der Waals surface area contributed by atoms with Crippen LogP contribution in [-0.4, -0.2) is 25.8 Å². The zero-order chi connectivity index (χ0) is 13.9. The van der Waals surface area contributed by atoms with E-state index in [9.17, 15) is 8.42 Å². The van der Waals surface area contributed by atoms with Gasteiger partial charge in [0.2, 0.25) is 0 Å². The Bertz CT molecular complexity index is 564. The first-order chi connectivity index (χ1) is 9.07. The van der Waals surface area contributed by atoms with Crippen LogP contribution in [0.2, 0.25) is 0 Å². The Morgan fingerprint density at radius 2 is 2.11 bits per heavy atom. The fraction of sp³-hybridized carbons (Fsp3) is 0.615. The lowest BCUT2D eigenvalue weighted by molar-refractivity contribution is 0.263. The number of thiophene rings is 1. The van der Waals surface area contributed by atoms with Gasteiger partial charge in [-0.2, -0.15) is 9.57 Å². The predicted octanol–water partition coefficient (Wildman–Crippen LogP) is 2.82. The van der Waals surface area contributed by atoms with E-state index >= 15 is 0 Å². The number of hydrogen-bond donors (Lipinski definition) is 0. The highest BCUT2D eigenvalue weighted by atomic mass is 32.2. The molecule has 1 saturated heterocycles. The van der Waals surface area contributed by atoms with E-state index in [0.29, 0.717) is 23.9 Å². The van der Waals surface area contributed by atoms with Crippen LogP contribution >= 0.6 is 11.3 Å². The summed E-state index contributed by atoms with van der Waals surface area (Å²) < 4.78 is 26.7. The van der Waals surface area contributed by atoms with Crippen LogP contribution in [0.5, 0.6) is 0 Å². The lowest BCUT2D eigenvalue weighted by atomic mass is 9.94. The summed E-state index contributed by atoms with van der Waals surface area (Å²) in [5.41, 5.74) is 0. The summed E-state index contributed by atoms with van der Waals surface area (Å²) in [5, 5.41) is 8.77. The molecule has 0 atom stereocenters. The number of piperidine rings is 1. The molecule has 4 nitrogen and oxygen atoms in total. The maximum absolute atomic E-state index is 12.4. The molecule has 1 aromatic heterocycles. The summed E-state index contributed by atoms with van der Waals surface area (Å²) in [6.07, 6.45) is 4.24. The Morgan fingerprint density at radius 3 is 2.63 bits per heavy atom. The molecule has 1 fully saturated rings. The fourth-order valence-corrected chi connectivity index (χ4v) is 5.22. The molecule has 6 heteroatoms. The fourth-order valence-electron chi connectivity index (χ4n) is 2.49. The molecule has 104 valence electrons. The van der Waals surface area contributed by atoms with Crippen molar-refractivity contribution >= 4 is 21.4 Å². The second-order valence-corrected chi connectivity index (χ2v) is 8.12. The molecule has 1 aromatic rings. The van der Waals surface area contributed by atoms with Gasteiger partial charge < -0.3 is 0 Å². The Morgan fingerprint density at radius 1 is 1.42 bits per heavy atom. The first kappa shape index (κ1) is 14.5. The minimum absolute atomic E-state index is 0.290. The van der Waals surface area contributed by atoms with Gasteiger partial charge in [0.05, 0.1) is 0 Å². The summed E-state index contributed by atoms with van der Waals surface area (Å²) in [7, 11) is -3.39. The van der Waals surface area contributed by atoms with Gasteiger partial charge in [0.15, 0.2) is 0 Å². The van der Waals surface area contributed by atoms with E-state index in [1.165, 1.54) is 12.5 Å². The zero-order valence-corrected chi connectivity index (χ0v) is 12.6. The molecule has 19 heavy (non-hydrogen) atoms. The van der Waals surface area contributed by atoms with Crippen molar-refractivity contribution < 1.29 is 8.42 Å². The van der Waals surface area contributed by atoms with Crippen LogP contribution in [0.4, 0.5) is 0 Å². The van der Waals surface area contributed by atoms with Crippen molar-refractivity contribution in [3.8, 4) is 6.07 Å². The zero-order valence-electron chi connectivity index (χ0n) is 11.0. The van der Waals surface area contributed by atoms with Crippen LogP contribution in [0.3, 0.4) is 0 Å². The van der Waals surface area contributed by atoms with Crippen molar-refractivity contribution in [3.63, 3.8) is 0 Å². The molecule has 1 aliphatic rings. The molecular weight excluding hydrogens is 280 g/mol. The molecule has 0 N–H and O–H groups in total. The average Bonchev–Trinajstić information content (AvgIpc) is 2.89. The molecule has 0 spiro atoms. The Labute approximate surface area is 118 Å². The monoisotopic (exact) mass is 298 g/mol. The van der Waals surface area contributed by atoms with Crippen LogP contribution in [0.25, 0.3) is 0 Å². The van der Waals surface area contributed by atoms with Crippen LogP contribution in [0, 0.1) is 17.2 Å². The highest BCUT2D eigenvalue weighted by molar-refractivity contribution is 7.91. The lowest BCUT2D eigenvalue weighted by Gasteiger charge is -2.30. The molecule has 0 bridgehead atoms. The smallest absolute Gasteiger partial charge is 0.206 e. The summed E-state index contributed by atoms with van der Waals surface area (Å²) in [6, 6.07) is 5.09. The minimum Gasteiger partial charge on any atom is -0.206 e. The third-order valence-electron chi connectivity index (χ3n) is 3.56. The quantitative estimate of drug-likeness (QED) is 0.858. The highest BCUT2D eigenvalue weighted by Crippen LogP contribution is 2.29. The second kappa shape index (κ2) is 6.04. The van der Waals surface area contributed by atoms with Crippen molar-refractivity contribution in [2.75, 3.05) is 13.1 Å². The van der Waals surface area contributed by atoms with Crippen molar-refractivity contribution in [1.82, 2.24) is 4.31 Å². The van der Waals surface area contributed by atoms with Gasteiger partial charge in [-0.3, -0.25) is 0 Å². The molecule has 1 aliphatic heterocycles. The van der Waals surface area contributed by atoms with E-state index in [4.69, 9.17) is 5.26 Å². The van der Waals surface area contributed by atoms with E-state index < -0.39 is 10.0 Å². The third-order valence-corrected chi connectivity index (χ3v) is 6.91. The van der Waals surface area contributed by atoms with Gasteiger partial charge in [-0.05, 0) is 30.9 Å². The van der Waals surface area contributed by atoms with Gasteiger partial charge in [-0.1, -0.05) is 19.8 Å². The highest BCUT2D eigenvalue weighted by Gasteiger charge is 2.30. The van der Waals surface area contributed by atoms with Crippen LogP contribution in [-0.2, 0) is 10.0 Å². The molecule has 0 aromatic carbocycles. The maximum Gasteiger partial charge on any atom is 0.252 e. The third kappa shape index (κ3) is 3.16. The summed E-state index contributed by atoms with van der Waals surface area (Å²) >= 11 is 1.05. The molecular formula is C13H18N2O2S2. The van der Waals surface area contributed by atoms with Crippen molar-refractivity contribution in [2.24, 2.45) is 5.92 Å². The SMILES string of the molecule is CCCC1CCN(S(=O)(=O)c2ccc(C#N)s2)CC1. The van der Waals surface area contributed by atoms with Crippen molar-refractivity contribution in [2.45, 2.75) is 36.8 Å². The van der Waals surface area contributed by atoms with Crippen molar-refractivity contribution in [1.29, 1.82) is 5.26 Å². The van der Waals surface area contributed by atoms with Gasteiger partial charge >= 0.3 is 0 Å². The van der Waals surface area contributed by atoms with Gasteiger partial charge in [0.25, 0.3) is 10.0 Å². The number of sulfonamides is 1. The molecule has 0 unspecified atom stereocenters. The first-order valence-corrected chi connectivity index (χ1v) is 8.83. The van der Waals surface area contributed by atoms with E-state index in [1.807, 2.05) is 6.07 Å². The lowest BCUT2D eigenvalue weighted by Crippen LogP contribution is -2.38. The van der Waals surface area contributed by atoms with E-state index in [-0.39, 0.29) is 4.21 Å². The molecule has 0 amide bonds. The van der Waals surface area contributed by atoms with Crippen LogP contribution in [0.15, 0.2) is 16.3 Å². The number of hydrogen-bond acceptors (Lipinski definition) is 4. The maximum atomic E-state index is 12.4. The summed E-state index contributed by atoms with van der Waals surface area (Å²) in [6.45, 7) is 3.37. The Balaban J connectivity index is 2.08. The van der Waals surface area contributed by atoms with E-state index in [0.717, 1.165) is 30.6 Å². The minimum atomic E-state index is -3.39. The summed E-state index contributed by atoms with van der Waals surface area (Å²) in [5.74, 6) is 0.662. The molecule has 2 heterocycles. The molecule has 0 radical (unpaired) electrons. The Hall–Kier alpha value is -0.900. The molecule has 2 rings (SSSR count). The molecule has 0 saturated carbocycles. The van der Waals surface area contributed by atoms with Crippen LogP contribution < -0.4 is 0 Å². The van der Waals surface area contributed by atoms with Gasteiger partial charge in [-0.25, -0.2) is 8.42 Å². The average molecular weight is 298 g/mol. The number of rotatable bonds is 4. The van der Waals surface area contributed by atoms with E-state index in [1.54, 1.807) is 10.4 Å². The van der Waals surface area contributed by atoms with Crippen LogP contribution in [0.1, 0.15) is 37.5 Å². The van der Waals surface area contributed by atoms with Crippen molar-refractivity contribution in [3.05, 3.63) is 17.0 Å². The predicted molar refractivity (Wildman–Crippen MR) is 75.4 cm³/mol. The van der Waals surface area contributed by atoms with Gasteiger partial charge in [0.1, 0.15) is 15.2 Å². The number of nitriles is 1. The van der Waals surface area contributed by atoms with Gasteiger partial charge in [0, 0.05) is 13.1 Å². The summed E-state index contributed by atoms with van der Waals surface area (Å²) in [4.78, 5) is 0.444. The molecule has 0 aliphatic carbocycles. The van der Waals surface area contributed by atoms with Gasteiger partial charge in [-0.15, -0.1) is 11.3 Å². The second-order valence-electron chi connectivity index (χ2n) is 4.87. The Kier molecular flexibility index (Phi) is 4.61.